The number of sulfonamides is 1. The van der Waals surface area contributed by atoms with Crippen molar-refractivity contribution in [1.29, 1.82) is 0 Å². The Labute approximate surface area is 220 Å². The first-order valence-corrected chi connectivity index (χ1v) is 14.4. The first kappa shape index (κ1) is 27.8. The highest BCUT2D eigenvalue weighted by Crippen LogP contribution is 2.34. The van der Waals surface area contributed by atoms with Gasteiger partial charge in [-0.05, 0) is 50.1 Å². The maximum Gasteiger partial charge on any atom is 0.244 e. The molecule has 0 aliphatic carbocycles. The van der Waals surface area contributed by atoms with E-state index in [1.54, 1.807) is 25.1 Å². The summed E-state index contributed by atoms with van der Waals surface area (Å²) in [5.41, 5.74) is 1.07. The molecule has 2 atom stereocenters. The molecule has 0 unspecified atom stereocenters. The largest absolute Gasteiger partial charge is 0.486 e. The molecule has 0 saturated heterocycles. The molecule has 2 aromatic carbocycles. The number of nitrogens with zero attached hydrogens (tertiary/aromatic N) is 2. The zero-order chi connectivity index (χ0) is 26.5. The number of halogens is 1. The van der Waals surface area contributed by atoms with Gasteiger partial charge in [-0.15, -0.1) is 0 Å². The fraction of sp³-hybridized carbons (Fsp3) is 0.440. The van der Waals surface area contributed by atoms with E-state index >= 15 is 0 Å². The first-order chi connectivity index (χ1) is 17.0. The summed E-state index contributed by atoms with van der Waals surface area (Å²) in [6, 6.07) is 11.2. The number of amides is 2. The predicted octanol–water partition coefficient (Wildman–Crippen LogP) is 3.32. The van der Waals surface area contributed by atoms with E-state index in [0.29, 0.717) is 24.7 Å². The van der Waals surface area contributed by atoms with Gasteiger partial charge in [0.25, 0.3) is 0 Å². The van der Waals surface area contributed by atoms with Crippen LogP contribution < -0.4 is 19.1 Å². The van der Waals surface area contributed by atoms with Crippen LogP contribution in [0.15, 0.2) is 46.9 Å². The van der Waals surface area contributed by atoms with Crippen molar-refractivity contribution in [3.05, 3.63) is 52.5 Å². The maximum atomic E-state index is 13.6. The Morgan fingerprint density at radius 2 is 1.78 bits per heavy atom. The molecule has 0 aromatic heterocycles. The molecule has 0 radical (unpaired) electrons. The van der Waals surface area contributed by atoms with Crippen LogP contribution in [0.5, 0.6) is 11.5 Å². The number of anilines is 1. The number of nitrogens with one attached hydrogen (secondary N) is 1. The molecule has 2 aromatic rings. The molecular formula is C25H32BrN3O6S. The number of hydrogen-bond donors (Lipinski definition) is 1. The Hall–Kier alpha value is -2.79. The quantitative estimate of drug-likeness (QED) is 0.461. The van der Waals surface area contributed by atoms with Gasteiger partial charge in [-0.25, -0.2) is 8.42 Å². The van der Waals surface area contributed by atoms with Gasteiger partial charge in [0, 0.05) is 23.1 Å². The normalized spacial score (nSPS) is 14.5. The minimum absolute atomic E-state index is 0.0620. The van der Waals surface area contributed by atoms with E-state index in [9.17, 15) is 18.0 Å². The SMILES string of the molecule is CC[C@@H](C)NC(=O)[C@@H](C)N(Cc1cccc(Br)c1)C(=O)CN(c1ccc2c(c1)OCCO2)S(C)(=O)=O. The summed E-state index contributed by atoms with van der Waals surface area (Å²) in [6.45, 7) is 5.89. The molecule has 0 spiro atoms. The highest BCUT2D eigenvalue weighted by atomic mass is 79.9. The minimum Gasteiger partial charge on any atom is -0.486 e. The monoisotopic (exact) mass is 581 g/mol. The summed E-state index contributed by atoms with van der Waals surface area (Å²) in [5, 5.41) is 2.91. The number of fused-ring (bicyclic) bond motifs is 1. The molecule has 196 valence electrons. The van der Waals surface area contributed by atoms with Crippen molar-refractivity contribution in [3.63, 3.8) is 0 Å². The highest BCUT2D eigenvalue weighted by Gasteiger charge is 2.31. The molecule has 2 amide bonds. The van der Waals surface area contributed by atoms with E-state index < -0.39 is 28.5 Å². The molecule has 11 heteroatoms. The molecule has 1 aliphatic rings. The number of carbonyl (C=O) groups excluding carboxylic acids is 2. The van der Waals surface area contributed by atoms with Crippen LogP contribution in [0, 0.1) is 0 Å². The van der Waals surface area contributed by atoms with Gasteiger partial charge in [0.05, 0.1) is 11.9 Å². The molecule has 1 aliphatic heterocycles. The average molecular weight is 583 g/mol. The van der Waals surface area contributed by atoms with Gasteiger partial charge in [-0.2, -0.15) is 0 Å². The van der Waals surface area contributed by atoms with Crippen molar-refractivity contribution in [2.45, 2.75) is 45.8 Å². The van der Waals surface area contributed by atoms with Crippen molar-refractivity contribution in [3.8, 4) is 11.5 Å². The lowest BCUT2D eigenvalue weighted by Crippen LogP contribution is -2.52. The molecule has 1 N–H and O–H groups in total. The lowest BCUT2D eigenvalue weighted by atomic mass is 10.1. The summed E-state index contributed by atoms with van der Waals surface area (Å²) < 4.78 is 38.4. The third-order valence-electron chi connectivity index (χ3n) is 5.90. The topological polar surface area (TPSA) is 105 Å². The van der Waals surface area contributed by atoms with Gasteiger partial charge >= 0.3 is 0 Å². The molecule has 36 heavy (non-hydrogen) atoms. The third kappa shape index (κ3) is 7.13. The van der Waals surface area contributed by atoms with Gasteiger partial charge in [0.1, 0.15) is 25.8 Å². The number of benzene rings is 2. The highest BCUT2D eigenvalue weighted by molar-refractivity contribution is 9.10. The Kier molecular flexibility index (Phi) is 9.24. The molecule has 0 bridgehead atoms. The van der Waals surface area contributed by atoms with Crippen molar-refractivity contribution >= 4 is 43.5 Å². The zero-order valence-electron chi connectivity index (χ0n) is 20.9. The fourth-order valence-electron chi connectivity index (χ4n) is 3.68. The Morgan fingerprint density at radius 1 is 1.08 bits per heavy atom. The minimum atomic E-state index is -3.84. The van der Waals surface area contributed by atoms with Crippen LogP contribution in [-0.2, 0) is 26.2 Å². The van der Waals surface area contributed by atoms with E-state index in [-0.39, 0.29) is 24.2 Å². The lowest BCUT2D eigenvalue weighted by Gasteiger charge is -2.32. The summed E-state index contributed by atoms with van der Waals surface area (Å²) in [4.78, 5) is 28.0. The van der Waals surface area contributed by atoms with Crippen LogP contribution in [0.25, 0.3) is 0 Å². The van der Waals surface area contributed by atoms with Crippen molar-refractivity contribution in [2.24, 2.45) is 0 Å². The van der Waals surface area contributed by atoms with Crippen molar-refractivity contribution in [1.82, 2.24) is 10.2 Å². The van der Waals surface area contributed by atoms with Crippen molar-refractivity contribution < 1.29 is 27.5 Å². The van der Waals surface area contributed by atoms with Crippen LogP contribution >= 0.6 is 15.9 Å². The predicted molar refractivity (Wildman–Crippen MR) is 142 cm³/mol. The van der Waals surface area contributed by atoms with Gasteiger partial charge in [0.15, 0.2) is 11.5 Å². The molecular weight excluding hydrogens is 550 g/mol. The number of hydrogen-bond acceptors (Lipinski definition) is 6. The van der Waals surface area contributed by atoms with E-state index in [1.807, 2.05) is 38.1 Å². The number of rotatable bonds is 10. The van der Waals surface area contributed by atoms with Crippen LogP contribution in [0.3, 0.4) is 0 Å². The van der Waals surface area contributed by atoms with E-state index in [0.717, 1.165) is 27.0 Å². The van der Waals surface area contributed by atoms with Gasteiger partial charge in [-0.1, -0.05) is 35.0 Å². The Morgan fingerprint density at radius 3 is 2.42 bits per heavy atom. The lowest BCUT2D eigenvalue weighted by molar-refractivity contribution is -0.139. The molecule has 1 heterocycles. The van der Waals surface area contributed by atoms with Crippen LogP contribution in [0.1, 0.15) is 32.8 Å². The van der Waals surface area contributed by atoms with E-state index in [4.69, 9.17) is 9.47 Å². The smallest absolute Gasteiger partial charge is 0.244 e. The van der Waals surface area contributed by atoms with Crippen LogP contribution in [-0.4, -0.2) is 63.2 Å². The van der Waals surface area contributed by atoms with Crippen LogP contribution in [0.4, 0.5) is 5.69 Å². The zero-order valence-corrected chi connectivity index (χ0v) is 23.3. The summed E-state index contributed by atoms with van der Waals surface area (Å²) in [7, 11) is -3.84. The summed E-state index contributed by atoms with van der Waals surface area (Å²) >= 11 is 3.43. The molecule has 9 nitrogen and oxygen atoms in total. The molecule has 3 rings (SSSR count). The second-order valence-electron chi connectivity index (χ2n) is 8.74. The second kappa shape index (κ2) is 12.0. The Balaban J connectivity index is 1.91. The Bertz CT molecular complexity index is 1210. The van der Waals surface area contributed by atoms with Crippen LogP contribution in [0.2, 0.25) is 0 Å². The van der Waals surface area contributed by atoms with E-state index in [2.05, 4.69) is 21.2 Å². The fourth-order valence-corrected chi connectivity index (χ4v) is 4.97. The third-order valence-corrected chi connectivity index (χ3v) is 7.54. The number of ether oxygens (including phenoxy) is 2. The molecule has 0 fully saturated rings. The van der Waals surface area contributed by atoms with Gasteiger partial charge < -0.3 is 19.7 Å². The number of carbonyl (C=O) groups is 2. The second-order valence-corrected chi connectivity index (χ2v) is 11.6. The summed E-state index contributed by atoms with van der Waals surface area (Å²) in [6.07, 6.45) is 1.78. The maximum absolute atomic E-state index is 13.6. The van der Waals surface area contributed by atoms with Gasteiger partial charge in [0.2, 0.25) is 21.8 Å². The summed E-state index contributed by atoms with van der Waals surface area (Å²) in [5.74, 6) is 0.101. The van der Waals surface area contributed by atoms with Gasteiger partial charge in [-0.3, -0.25) is 13.9 Å². The first-order valence-electron chi connectivity index (χ1n) is 11.7. The average Bonchev–Trinajstić information content (AvgIpc) is 2.84. The molecule has 0 saturated carbocycles. The standard InChI is InChI=1S/C25H32BrN3O6S/c1-5-17(2)27-25(31)18(3)28(15-19-7-6-8-20(26)13-19)24(30)16-29(36(4,32)33)21-9-10-22-23(14-21)35-12-11-34-22/h6-10,13-14,17-18H,5,11-12,15-16H2,1-4H3,(H,27,31)/t17-,18-/m1/s1. The van der Waals surface area contributed by atoms with E-state index in [1.165, 1.54) is 4.90 Å². The van der Waals surface area contributed by atoms with Crippen molar-refractivity contribution in [2.75, 3.05) is 30.3 Å².